The second-order valence-electron chi connectivity index (χ2n) is 9.41. The quantitative estimate of drug-likeness (QED) is 0.145. The van der Waals surface area contributed by atoms with Crippen molar-refractivity contribution in [2.75, 3.05) is 25.7 Å². The number of alkyl halides is 3. The van der Waals surface area contributed by atoms with Crippen molar-refractivity contribution in [2.45, 2.75) is 25.1 Å². The molecule has 0 aliphatic carbocycles. The first-order valence-corrected chi connectivity index (χ1v) is 13.2. The molecule has 0 aliphatic rings. The van der Waals surface area contributed by atoms with E-state index in [-0.39, 0.29) is 19.6 Å². The number of anilines is 1. The molecule has 0 N–H and O–H groups in total. The number of carbonyl (C=O) groups is 2. The van der Waals surface area contributed by atoms with Gasteiger partial charge in [-0.05, 0) is 47.4 Å². The highest BCUT2D eigenvalue weighted by molar-refractivity contribution is 6.10. The Hall–Kier alpha value is -4.79. The smallest absolute Gasteiger partial charge is 0.416 e. The molecular weight excluding hydrogens is 547 g/mol. The minimum atomic E-state index is -4.46. The van der Waals surface area contributed by atoms with E-state index in [1.165, 1.54) is 31.3 Å². The minimum Gasteiger partial charge on any atom is -0.493 e. The average molecular weight is 578 g/mol. The molecule has 4 rings (SSSR count). The van der Waals surface area contributed by atoms with Crippen molar-refractivity contribution in [3.8, 4) is 11.5 Å². The van der Waals surface area contributed by atoms with Crippen LogP contribution in [0.25, 0.3) is 0 Å². The van der Waals surface area contributed by atoms with E-state index in [2.05, 4.69) is 0 Å². The second kappa shape index (κ2) is 13.7. The molecule has 0 aromatic heterocycles. The molecule has 9 heteroatoms. The highest BCUT2D eigenvalue weighted by Gasteiger charge is 2.35. The van der Waals surface area contributed by atoms with Crippen molar-refractivity contribution >= 4 is 17.6 Å². The molecule has 1 unspecified atom stereocenters. The van der Waals surface area contributed by atoms with Crippen LogP contribution in [0.4, 0.5) is 18.9 Å². The topological polar surface area (TPSA) is 65.1 Å². The van der Waals surface area contributed by atoms with Gasteiger partial charge >= 0.3 is 12.1 Å². The van der Waals surface area contributed by atoms with Crippen LogP contribution in [0.1, 0.15) is 28.2 Å². The first kappa shape index (κ1) is 30.2. The Morgan fingerprint density at radius 3 is 1.98 bits per heavy atom. The normalized spacial score (nSPS) is 11.8. The zero-order valence-corrected chi connectivity index (χ0v) is 23.1. The molecule has 1 amide bonds. The molecule has 4 aromatic carbocycles. The number of carbonyl (C=O) groups excluding carboxylic acids is 2. The maximum Gasteiger partial charge on any atom is 0.416 e. The monoisotopic (exact) mass is 577 g/mol. The van der Waals surface area contributed by atoms with E-state index in [1.807, 2.05) is 30.3 Å². The predicted octanol–water partition coefficient (Wildman–Crippen LogP) is 6.83. The molecule has 4 aromatic rings. The molecule has 0 fully saturated rings. The van der Waals surface area contributed by atoms with Gasteiger partial charge in [0.1, 0.15) is 6.61 Å². The molecule has 0 aliphatic heterocycles. The van der Waals surface area contributed by atoms with Gasteiger partial charge in [-0.2, -0.15) is 13.2 Å². The minimum absolute atomic E-state index is 0.0157. The summed E-state index contributed by atoms with van der Waals surface area (Å²) in [5.74, 6) is -1.77. The Balaban J connectivity index is 1.68. The molecule has 6 nitrogen and oxygen atoms in total. The average Bonchev–Trinajstić information content (AvgIpc) is 3.01. The van der Waals surface area contributed by atoms with Gasteiger partial charge in [0.15, 0.2) is 17.4 Å². The summed E-state index contributed by atoms with van der Waals surface area (Å²) in [4.78, 5) is 29.2. The summed E-state index contributed by atoms with van der Waals surface area (Å²) in [6.45, 7) is 0.0488. The van der Waals surface area contributed by atoms with Crippen LogP contribution in [0.5, 0.6) is 11.5 Å². The summed E-state index contributed by atoms with van der Waals surface area (Å²) < 4.78 is 55.6. The van der Waals surface area contributed by atoms with Crippen LogP contribution < -0.4 is 14.4 Å². The van der Waals surface area contributed by atoms with Gasteiger partial charge < -0.3 is 19.1 Å². The number of rotatable bonds is 11. The van der Waals surface area contributed by atoms with Gasteiger partial charge in [-0.25, -0.2) is 0 Å². The Kier molecular flexibility index (Phi) is 9.85. The van der Waals surface area contributed by atoms with Crippen LogP contribution in [0.2, 0.25) is 0 Å². The second-order valence-corrected chi connectivity index (χ2v) is 9.41. The SMILES string of the molecule is COc1ccc(N(CCc2ccc(C(F)(F)F)cc2)C(=O)C(C(=O)OCc2ccccc2)c2ccccc2)cc1OC. The van der Waals surface area contributed by atoms with E-state index >= 15 is 0 Å². The number of amides is 1. The number of halogens is 3. The maximum atomic E-state index is 14.3. The Bertz CT molecular complexity index is 1480. The van der Waals surface area contributed by atoms with Gasteiger partial charge in [0, 0.05) is 18.3 Å². The predicted molar refractivity (Wildman–Crippen MR) is 152 cm³/mol. The largest absolute Gasteiger partial charge is 0.493 e. The highest BCUT2D eigenvalue weighted by atomic mass is 19.4. The van der Waals surface area contributed by atoms with Gasteiger partial charge in [0.05, 0.1) is 19.8 Å². The summed E-state index contributed by atoms with van der Waals surface area (Å²) in [5, 5.41) is 0. The fourth-order valence-corrected chi connectivity index (χ4v) is 4.45. The molecule has 1 atom stereocenters. The first-order chi connectivity index (χ1) is 20.2. The van der Waals surface area contributed by atoms with E-state index in [1.54, 1.807) is 48.5 Å². The van der Waals surface area contributed by atoms with Crippen molar-refractivity contribution in [1.82, 2.24) is 0 Å². The van der Waals surface area contributed by atoms with E-state index in [4.69, 9.17) is 14.2 Å². The van der Waals surface area contributed by atoms with E-state index < -0.39 is 29.5 Å². The maximum absolute atomic E-state index is 14.3. The summed E-state index contributed by atoms with van der Waals surface area (Å²) in [7, 11) is 2.95. The van der Waals surface area contributed by atoms with Gasteiger partial charge in [-0.3, -0.25) is 9.59 Å². The number of hydrogen-bond acceptors (Lipinski definition) is 5. The third-order valence-corrected chi connectivity index (χ3v) is 6.69. The zero-order valence-electron chi connectivity index (χ0n) is 23.1. The summed E-state index contributed by atoms with van der Waals surface area (Å²) in [5.41, 5.74) is 1.46. The van der Waals surface area contributed by atoms with E-state index in [0.717, 1.165) is 17.7 Å². The number of ether oxygens (including phenoxy) is 3. The number of benzene rings is 4. The fourth-order valence-electron chi connectivity index (χ4n) is 4.45. The fraction of sp³-hybridized carbons (Fsp3) is 0.212. The molecule has 218 valence electrons. The molecule has 0 bridgehead atoms. The summed E-state index contributed by atoms with van der Waals surface area (Å²) in [6.07, 6.45) is -4.23. The number of esters is 1. The van der Waals surface area contributed by atoms with Crippen molar-refractivity contribution in [3.05, 3.63) is 125 Å². The number of methoxy groups -OCH3 is 2. The van der Waals surface area contributed by atoms with E-state index in [0.29, 0.717) is 28.3 Å². The van der Waals surface area contributed by atoms with Crippen LogP contribution in [0.3, 0.4) is 0 Å². The lowest BCUT2D eigenvalue weighted by molar-refractivity contribution is -0.149. The standard InChI is InChI=1S/C33H30F3NO5/c1-40-28-18-17-27(21-29(28)41-2)37(20-19-23-13-15-26(16-14-23)33(34,35)36)31(38)30(25-11-7-4-8-12-25)32(39)42-22-24-9-5-3-6-10-24/h3-18,21,30H,19-20,22H2,1-2H3. The van der Waals surface area contributed by atoms with Crippen LogP contribution >= 0.6 is 0 Å². The van der Waals surface area contributed by atoms with Crippen molar-refractivity contribution < 1.29 is 37.0 Å². The van der Waals surface area contributed by atoms with Crippen molar-refractivity contribution in [3.63, 3.8) is 0 Å². The Morgan fingerprint density at radius 2 is 1.38 bits per heavy atom. The summed E-state index contributed by atoms with van der Waals surface area (Å²) >= 11 is 0. The molecule has 42 heavy (non-hydrogen) atoms. The van der Waals surface area contributed by atoms with Crippen molar-refractivity contribution in [1.29, 1.82) is 0 Å². The molecule has 0 heterocycles. The van der Waals surface area contributed by atoms with Crippen LogP contribution in [-0.2, 0) is 33.5 Å². The number of nitrogens with zero attached hydrogens (tertiary/aromatic N) is 1. The molecule has 0 saturated carbocycles. The Labute approximate surface area is 242 Å². The lowest BCUT2D eigenvalue weighted by atomic mass is 9.96. The van der Waals surface area contributed by atoms with Gasteiger partial charge in [-0.15, -0.1) is 0 Å². The van der Waals surface area contributed by atoms with Gasteiger partial charge in [-0.1, -0.05) is 72.8 Å². The Morgan fingerprint density at radius 1 is 0.762 bits per heavy atom. The third-order valence-electron chi connectivity index (χ3n) is 6.69. The third kappa shape index (κ3) is 7.48. The molecular formula is C33H30F3NO5. The van der Waals surface area contributed by atoms with E-state index in [9.17, 15) is 22.8 Å². The number of hydrogen-bond donors (Lipinski definition) is 0. The van der Waals surface area contributed by atoms with Crippen LogP contribution in [0, 0.1) is 0 Å². The molecule has 0 radical (unpaired) electrons. The first-order valence-electron chi connectivity index (χ1n) is 13.2. The lowest BCUT2D eigenvalue weighted by Gasteiger charge is -2.28. The van der Waals surface area contributed by atoms with Gasteiger partial charge in [0.2, 0.25) is 5.91 Å². The van der Waals surface area contributed by atoms with Crippen LogP contribution in [0.15, 0.2) is 103 Å². The molecule has 0 saturated heterocycles. The van der Waals surface area contributed by atoms with Crippen LogP contribution in [-0.4, -0.2) is 32.6 Å². The van der Waals surface area contributed by atoms with Gasteiger partial charge in [0.25, 0.3) is 0 Å². The lowest BCUT2D eigenvalue weighted by Crippen LogP contribution is -2.40. The zero-order chi connectivity index (χ0) is 30.1. The highest BCUT2D eigenvalue weighted by Crippen LogP contribution is 2.34. The summed E-state index contributed by atoms with van der Waals surface area (Å²) in [6, 6.07) is 27.4. The van der Waals surface area contributed by atoms with Crippen molar-refractivity contribution in [2.24, 2.45) is 0 Å². The molecule has 0 spiro atoms.